The van der Waals surface area contributed by atoms with E-state index >= 15 is 0 Å². The summed E-state index contributed by atoms with van der Waals surface area (Å²) in [5, 5.41) is 21.8. The van der Waals surface area contributed by atoms with Crippen molar-refractivity contribution in [1.29, 1.82) is 0 Å². The molecule has 0 aliphatic carbocycles. The number of hydrogen-bond donors (Lipinski definition) is 2. The Hall–Kier alpha value is -2.97. The summed E-state index contributed by atoms with van der Waals surface area (Å²) < 4.78 is 10.1. The van der Waals surface area contributed by atoms with Gasteiger partial charge in [0.2, 0.25) is 0 Å². The zero-order chi connectivity index (χ0) is 18.1. The number of nitrogens with one attached hydrogen (secondary N) is 1. The summed E-state index contributed by atoms with van der Waals surface area (Å²) >= 11 is 0. The minimum absolute atomic E-state index is 0.0473. The number of furan rings is 1. The number of nitrogens with zero attached hydrogens (tertiary/aromatic N) is 1. The Morgan fingerprint density at radius 1 is 1.20 bits per heavy atom. The van der Waals surface area contributed by atoms with E-state index in [1.54, 1.807) is 36.4 Å². The van der Waals surface area contributed by atoms with E-state index in [0.29, 0.717) is 24.5 Å². The molecule has 2 N–H and O–H groups in total. The van der Waals surface area contributed by atoms with Crippen LogP contribution in [0.2, 0.25) is 0 Å². The van der Waals surface area contributed by atoms with E-state index in [-0.39, 0.29) is 25.0 Å². The molecule has 1 amide bonds. The zero-order valence-electron chi connectivity index (χ0n) is 13.4. The van der Waals surface area contributed by atoms with Crippen LogP contribution in [0.4, 0.5) is 5.88 Å². The number of nitro groups is 1. The van der Waals surface area contributed by atoms with E-state index in [1.807, 2.05) is 0 Å². The lowest BCUT2D eigenvalue weighted by Crippen LogP contribution is -2.27. The molecule has 1 aromatic carbocycles. The number of hydrogen-bond acceptors (Lipinski definition) is 6. The normalized spacial score (nSPS) is 10.9. The van der Waals surface area contributed by atoms with Crippen LogP contribution in [0.3, 0.4) is 0 Å². The van der Waals surface area contributed by atoms with Crippen molar-refractivity contribution in [2.24, 2.45) is 0 Å². The fourth-order valence-corrected chi connectivity index (χ4v) is 1.96. The SMILES string of the molecule is O=C(NCCOCCO)c1ccc(/C=C/c2ccc([N+](=O)[O-])o2)cc1. The molecule has 0 fully saturated rings. The summed E-state index contributed by atoms with van der Waals surface area (Å²) in [6.45, 7) is 0.893. The average molecular weight is 346 g/mol. The Bertz CT molecular complexity index is 736. The van der Waals surface area contributed by atoms with Crippen molar-refractivity contribution in [1.82, 2.24) is 5.32 Å². The fraction of sp³-hybridized carbons (Fsp3) is 0.235. The maximum absolute atomic E-state index is 11.9. The molecule has 132 valence electrons. The van der Waals surface area contributed by atoms with E-state index < -0.39 is 4.92 Å². The summed E-state index contributed by atoms with van der Waals surface area (Å²) in [6.07, 6.45) is 3.34. The summed E-state index contributed by atoms with van der Waals surface area (Å²) in [7, 11) is 0. The van der Waals surface area contributed by atoms with Crippen molar-refractivity contribution in [2.75, 3.05) is 26.4 Å². The highest BCUT2D eigenvalue weighted by molar-refractivity contribution is 5.94. The van der Waals surface area contributed by atoms with Gasteiger partial charge in [0.1, 0.15) is 10.7 Å². The molecule has 0 spiro atoms. The Morgan fingerprint density at radius 3 is 2.60 bits per heavy atom. The first kappa shape index (κ1) is 18.4. The number of ether oxygens (including phenoxy) is 1. The van der Waals surface area contributed by atoms with Gasteiger partial charge in [-0.15, -0.1) is 0 Å². The minimum atomic E-state index is -0.598. The minimum Gasteiger partial charge on any atom is -0.401 e. The van der Waals surface area contributed by atoms with Gasteiger partial charge >= 0.3 is 5.88 Å². The second-order valence-electron chi connectivity index (χ2n) is 4.98. The smallest absolute Gasteiger partial charge is 0.401 e. The molecule has 0 unspecified atom stereocenters. The molecular formula is C17H18N2O6. The lowest BCUT2D eigenvalue weighted by molar-refractivity contribution is -0.402. The van der Waals surface area contributed by atoms with Crippen LogP contribution in [0, 0.1) is 10.1 Å². The van der Waals surface area contributed by atoms with Gasteiger partial charge in [0.15, 0.2) is 0 Å². The largest absolute Gasteiger partial charge is 0.433 e. The van der Waals surface area contributed by atoms with Gasteiger partial charge in [-0.3, -0.25) is 14.9 Å². The standard InChI is InChI=1S/C17H18N2O6/c20-10-12-24-11-9-18-17(21)14-4-1-13(2-5-14)3-6-15-7-8-16(25-15)19(22)23/h1-8,20H,9-12H2,(H,18,21)/b6-3+. The van der Waals surface area contributed by atoms with Crippen molar-refractivity contribution >= 4 is 23.9 Å². The van der Waals surface area contributed by atoms with Gasteiger partial charge < -0.3 is 19.6 Å². The van der Waals surface area contributed by atoms with Crippen molar-refractivity contribution in [2.45, 2.75) is 0 Å². The monoisotopic (exact) mass is 346 g/mol. The molecular weight excluding hydrogens is 328 g/mol. The summed E-state index contributed by atoms with van der Waals surface area (Å²) in [4.78, 5) is 21.9. The zero-order valence-corrected chi connectivity index (χ0v) is 13.4. The summed E-state index contributed by atoms with van der Waals surface area (Å²) in [5.41, 5.74) is 1.33. The molecule has 2 rings (SSSR count). The molecule has 2 aromatic rings. The van der Waals surface area contributed by atoms with Crippen LogP contribution in [0.15, 0.2) is 40.8 Å². The maximum Gasteiger partial charge on any atom is 0.433 e. The van der Waals surface area contributed by atoms with Crippen LogP contribution < -0.4 is 5.32 Å². The first-order valence-electron chi connectivity index (χ1n) is 7.59. The van der Waals surface area contributed by atoms with Crippen LogP contribution in [0.25, 0.3) is 12.2 Å². The predicted molar refractivity (Wildman–Crippen MR) is 91.0 cm³/mol. The third-order valence-electron chi connectivity index (χ3n) is 3.17. The van der Waals surface area contributed by atoms with E-state index in [4.69, 9.17) is 14.3 Å². The van der Waals surface area contributed by atoms with Gasteiger partial charge in [0.05, 0.1) is 25.9 Å². The highest BCUT2D eigenvalue weighted by Crippen LogP contribution is 2.18. The average Bonchev–Trinajstić information content (AvgIpc) is 3.09. The van der Waals surface area contributed by atoms with Gasteiger partial charge in [-0.05, 0) is 29.8 Å². The molecule has 0 atom stereocenters. The highest BCUT2D eigenvalue weighted by Gasteiger charge is 2.09. The Balaban J connectivity index is 1.87. The molecule has 0 aliphatic heterocycles. The third-order valence-corrected chi connectivity index (χ3v) is 3.17. The van der Waals surface area contributed by atoms with Gasteiger partial charge in [-0.25, -0.2) is 0 Å². The van der Waals surface area contributed by atoms with Crippen molar-refractivity contribution in [3.05, 3.63) is 63.4 Å². The first-order valence-corrected chi connectivity index (χ1v) is 7.59. The molecule has 0 aliphatic rings. The van der Waals surface area contributed by atoms with Crippen LogP contribution in [-0.4, -0.2) is 42.3 Å². The van der Waals surface area contributed by atoms with Gasteiger partial charge in [0, 0.05) is 12.1 Å². The predicted octanol–water partition coefficient (Wildman–Crippen LogP) is 2.10. The fourth-order valence-electron chi connectivity index (χ4n) is 1.96. The second-order valence-corrected chi connectivity index (χ2v) is 4.98. The Labute approximate surface area is 143 Å². The Morgan fingerprint density at radius 2 is 1.96 bits per heavy atom. The van der Waals surface area contributed by atoms with Gasteiger partial charge in [0.25, 0.3) is 5.91 Å². The van der Waals surface area contributed by atoms with Crippen molar-refractivity contribution < 1.29 is 24.0 Å². The van der Waals surface area contributed by atoms with Crippen LogP contribution >= 0.6 is 0 Å². The number of carbonyl (C=O) groups is 1. The first-order chi connectivity index (χ1) is 12.1. The molecule has 0 bridgehead atoms. The molecule has 0 radical (unpaired) electrons. The van der Waals surface area contributed by atoms with Crippen LogP contribution in [0.1, 0.15) is 21.7 Å². The molecule has 0 saturated heterocycles. The molecule has 8 nitrogen and oxygen atoms in total. The number of aliphatic hydroxyl groups is 1. The molecule has 0 saturated carbocycles. The van der Waals surface area contributed by atoms with Gasteiger partial charge in [-0.2, -0.15) is 0 Å². The van der Waals surface area contributed by atoms with E-state index in [2.05, 4.69) is 5.32 Å². The molecule has 25 heavy (non-hydrogen) atoms. The highest BCUT2D eigenvalue weighted by atomic mass is 16.6. The van der Waals surface area contributed by atoms with E-state index in [1.165, 1.54) is 12.1 Å². The van der Waals surface area contributed by atoms with Crippen molar-refractivity contribution in [3.8, 4) is 0 Å². The quantitative estimate of drug-likeness (QED) is 0.408. The second kappa shape index (κ2) is 9.36. The molecule has 8 heteroatoms. The lowest BCUT2D eigenvalue weighted by Gasteiger charge is -2.06. The Kier molecular flexibility index (Phi) is 6.87. The number of aliphatic hydroxyl groups excluding tert-OH is 1. The molecule has 1 aromatic heterocycles. The lowest BCUT2D eigenvalue weighted by atomic mass is 10.1. The molecule has 1 heterocycles. The number of amides is 1. The number of benzene rings is 1. The van der Waals surface area contributed by atoms with Crippen LogP contribution in [-0.2, 0) is 4.74 Å². The van der Waals surface area contributed by atoms with Gasteiger partial charge in [-0.1, -0.05) is 18.2 Å². The topological polar surface area (TPSA) is 115 Å². The number of rotatable bonds is 9. The van der Waals surface area contributed by atoms with E-state index in [9.17, 15) is 14.9 Å². The summed E-state index contributed by atoms with van der Waals surface area (Å²) in [6, 6.07) is 9.66. The number of carbonyl (C=O) groups excluding carboxylic acids is 1. The maximum atomic E-state index is 11.9. The van der Waals surface area contributed by atoms with Crippen molar-refractivity contribution in [3.63, 3.8) is 0 Å². The van der Waals surface area contributed by atoms with E-state index in [0.717, 1.165) is 5.56 Å². The third kappa shape index (κ3) is 5.87. The van der Waals surface area contributed by atoms with Crippen LogP contribution in [0.5, 0.6) is 0 Å². The summed E-state index contributed by atoms with van der Waals surface area (Å²) in [5.74, 6) is -0.157.